The SMILES string of the molecule is CCCCCCCCCCCCOCC(I)COCC(O)COCC(O)CO. The number of hydrogen-bond acceptors (Lipinski definition) is 6. The van der Waals surface area contributed by atoms with Crippen LogP contribution in [0.4, 0.5) is 0 Å². The molecule has 0 radical (unpaired) electrons. The van der Waals surface area contributed by atoms with Gasteiger partial charge in [-0.3, -0.25) is 0 Å². The topological polar surface area (TPSA) is 88.4 Å². The minimum absolute atomic E-state index is 0.00919. The molecule has 6 nitrogen and oxygen atoms in total. The molecular formula is C21H43IO6. The first-order valence-electron chi connectivity index (χ1n) is 10.9. The van der Waals surface area contributed by atoms with Gasteiger partial charge < -0.3 is 29.5 Å². The largest absolute Gasteiger partial charge is 0.394 e. The summed E-state index contributed by atoms with van der Waals surface area (Å²) in [7, 11) is 0. The molecule has 0 fully saturated rings. The van der Waals surface area contributed by atoms with Crippen LogP contribution in [0.25, 0.3) is 0 Å². The van der Waals surface area contributed by atoms with Crippen LogP contribution in [-0.2, 0) is 14.2 Å². The summed E-state index contributed by atoms with van der Waals surface area (Å²) >= 11 is 2.30. The molecular weight excluding hydrogens is 475 g/mol. The molecule has 0 aliphatic carbocycles. The Hall–Kier alpha value is 0.490. The molecule has 0 heterocycles. The van der Waals surface area contributed by atoms with Gasteiger partial charge in [-0.05, 0) is 6.42 Å². The summed E-state index contributed by atoms with van der Waals surface area (Å²) in [5.74, 6) is 0. The van der Waals surface area contributed by atoms with Crippen molar-refractivity contribution >= 4 is 22.6 Å². The van der Waals surface area contributed by atoms with Gasteiger partial charge in [0, 0.05) is 6.61 Å². The van der Waals surface area contributed by atoms with E-state index < -0.39 is 12.2 Å². The number of alkyl halides is 1. The van der Waals surface area contributed by atoms with Crippen molar-refractivity contribution in [3.63, 3.8) is 0 Å². The fourth-order valence-corrected chi connectivity index (χ4v) is 3.23. The van der Waals surface area contributed by atoms with Crippen LogP contribution in [0.1, 0.15) is 71.1 Å². The summed E-state index contributed by atoms with van der Waals surface area (Å²) in [6, 6.07) is 0. The van der Waals surface area contributed by atoms with E-state index in [2.05, 4.69) is 29.5 Å². The van der Waals surface area contributed by atoms with E-state index in [0.29, 0.717) is 13.2 Å². The monoisotopic (exact) mass is 518 g/mol. The molecule has 0 saturated carbocycles. The average molecular weight is 518 g/mol. The highest BCUT2D eigenvalue weighted by atomic mass is 127. The Morgan fingerprint density at radius 2 is 1.11 bits per heavy atom. The van der Waals surface area contributed by atoms with Gasteiger partial charge in [-0.2, -0.15) is 0 Å². The lowest BCUT2D eigenvalue weighted by Crippen LogP contribution is -2.27. The van der Waals surface area contributed by atoms with Gasteiger partial charge in [-0.1, -0.05) is 87.3 Å². The third-order valence-electron chi connectivity index (χ3n) is 4.38. The lowest BCUT2D eigenvalue weighted by atomic mass is 10.1. The summed E-state index contributed by atoms with van der Waals surface area (Å²) in [6.45, 7) is 4.18. The second kappa shape index (κ2) is 22.2. The highest BCUT2D eigenvalue weighted by Gasteiger charge is 2.10. The van der Waals surface area contributed by atoms with Crippen molar-refractivity contribution in [2.45, 2.75) is 87.3 Å². The highest BCUT2D eigenvalue weighted by molar-refractivity contribution is 14.1. The van der Waals surface area contributed by atoms with Gasteiger partial charge in [0.25, 0.3) is 0 Å². The van der Waals surface area contributed by atoms with E-state index >= 15 is 0 Å². The van der Waals surface area contributed by atoms with E-state index in [1.165, 1.54) is 57.8 Å². The molecule has 0 aromatic heterocycles. The predicted molar refractivity (Wildman–Crippen MR) is 121 cm³/mol. The normalized spacial score (nSPS) is 14.9. The minimum Gasteiger partial charge on any atom is -0.394 e. The van der Waals surface area contributed by atoms with Gasteiger partial charge in [-0.15, -0.1) is 0 Å². The van der Waals surface area contributed by atoms with E-state index in [0.717, 1.165) is 13.0 Å². The first kappa shape index (κ1) is 28.5. The molecule has 0 aliphatic rings. The number of aliphatic hydroxyl groups excluding tert-OH is 3. The van der Waals surface area contributed by atoms with Crippen molar-refractivity contribution in [2.24, 2.45) is 0 Å². The zero-order valence-electron chi connectivity index (χ0n) is 17.7. The number of ether oxygens (including phenoxy) is 3. The molecule has 0 amide bonds. The van der Waals surface area contributed by atoms with Gasteiger partial charge in [0.05, 0.1) is 43.6 Å². The zero-order chi connectivity index (χ0) is 20.9. The van der Waals surface area contributed by atoms with Crippen molar-refractivity contribution in [2.75, 3.05) is 46.2 Å². The molecule has 0 bridgehead atoms. The fraction of sp³-hybridized carbons (Fsp3) is 1.00. The fourth-order valence-electron chi connectivity index (χ4n) is 2.72. The lowest BCUT2D eigenvalue weighted by Gasteiger charge is -2.15. The third-order valence-corrected chi connectivity index (χ3v) is 5.10. The summed E-state index contributed by atoms with van der Waals surface area (Å²) < 4.78 is 16.5. The summed E-state index contributed by atoms with van der Waals surface area (Å²) in [4.78, 5) is 0. The van der Waals surface area contributed by atoms with Crippen LogP contribution in [0.3, 0.4) is 0 Å². The van der Waals surface area contributed by atoms with E-state index in [-0.39, 0.29) is 30.4 Å². The summed E-state index contributed by atoms with van der Waals surface area (Å²) in [5.41, 5.74) is 0. The Balaban J connectivity index is 3.29. The summed E-state index contributed by atoms with van der Waals surface area (Å²) in [6.07, 6.45) is 11.6. The number of unbranched alkanes of at least 4 members (excludes halogenated alkanes) is 9. The third kappa shape index (κ3) is 21.2. The summed E-state index contributed by atoms with van der Waals surface area (Å²) in [5, 5.41) is 27.5. The first-order chi connectivity index (χ1) is 13.6. The van der Waals surface area contributed by atoms with Gasteiger partial charge >= 0.3 is 0 Å². The maximum atomic E-state index is 9.71. The molecule has 3 N–H and O–H groups in total. The Labute approximate surface area is 185 Å². The van der Waals surface area contributed by atoms with E-state index in [9.17, 15) is 5.11 Å². The van der Waals surface area contributed by atoms with Crippen LogP contribution >= 0.6 is 22.6 Å². The van der Waals surface area contributed by atoms with Crippen molar-refractivity contribution in [3.05, 3.63) is 0 Å². The van der Waals surface area contributed by atoms with Gasteiger partial charge in [0.1, 0.15) is 12.2 Å². The van der Waals surface area contributed by atoms with Crippen LogP contribution in [0.15, 0.2) is 0 Å². The highest BCUT2D eigenvalue weighted by Crippen LogP contribution is 2.11. The molecule has 0 aliphatic heterocycles. The Morgan fingerprint density at radius 3 is 1.68 bits per heavy atom. The molecule has 7 heteroatoms. The van der Waals surface area contributed by atoms with Gasteiger partial charge in [0.15, 0.2) is 0 Å². The zero-order valence-corrected chi connectivity index (χ0v) is 19.9. The minimum atomic E-state index is -0.903. The van der Waals surface area contributed by atoms with Crippen molar-refractivity contribution in [3.8, 4) is 0 Å². The number of aliphatic hydroxyl groups is 3. The second-order valence-corrected chi connectivity index (χ2v) is 9.18. The van der Waals surface area contributed by atoms with E-state index in [1.807, 2.05) is 0 Å². The smallest absolute Gasteiger partial charge is 0.101 e. The molecule has 3 unspecified atom stereocenters. The molecule has 28 heavy (non-hydrogen) atoms. The molecule has 0 spiro atoms. The molecule has 3 atom stereocenters. The first-order valence-corrected chi connectivity index (χ1v) is 12.2. The molecule has 0 aromatic rings. The van der Waals surface area contributed by atoms with Crippen LogP contribution in [0.2, 0.25) is 0 Å². The maximum absolute atomic E-state index is 9.71. The number of hydrogen-bond donors (Lipinski definition) is 3. The molecule has 0 saturated heterocycles. The molecule has 0 rings (SSSR count). The van der Waals surface area contributed by atoms with Gasteiger partial charge in [-0.25, -0.2) is 0 Å². The second-order valence-electron chi connectivity index (χ2n) is 7.42. The van der Waals surface area contributed by atoms with Crippen molar-refractivity contribution in [1.82, 2.24) is 0 Å². The Morgan fingerprint density at radius 1 is 0.643 bits per heavy atom. The van der Waals surface area contributed by atoms with Crippen LogP contribution in [0, 0.1) is 0 Å². The lowest BCUT2D eigenvalue weighted by molar-refractivity contribution is -0.0485. The molecule has 0 aromatic carbocycles. The quantitative estimate of drug-likeness (QED) is 0.116. The standard InChI is InChI=1S/C21H43IO6/c1-2-3-4-5-6-7-8-9-10-11-12-26-14-19(22)15-27-17-21(25)18-28-16-20(24)13-23/h19-21,23-25H,2-18H2,1H3. The average Bonchev–Trinajstić information content (AvgIpc) is 2.68. The van der Waals surface area contributed by atoms with E-state index in [4.69, 9.17) is 24.4 Å². The number of rotatable bonds is 22. The van der Waals surface area contributed by atoms with Crippen LogP contribution in [-0.4, -0.2) is 77.7 Å². The predicted octanol–water partition coefficient (Wildman–Crippen LogP) is 3.47. The van der Waals surface area contributed by atoms with Crippen molar-refractivity contribution < 1.29 is 29.5 Å². The van der Waals surface area contributed by atoms with Crippen LogP contribution in [0.5, 0.6) is 0 Å². The van der Waals surface area contributed by atoms with E-state index in [1.54, 1.807) is 0 Å². The maximum Gasteiger partial charge on any atom is 0.101 e. The van der Waals surface area contributed by atoms with Crippen LogP contribution < -0.4 is 0 Å². The van der Waals surface area contributed by atoms with Crippen molar-refractivity contribution in [1.29, 1.82) is 0 Å². The van der Waals surface area contributed by atoms with Gasteiger partial charge in [0.2, 0.25) is 0 Å². The molecule has 170 valence electrons. The number of halogens is 1. The Kier molecular flexibility index (Phi) is 22.6. The Bertz CT molecular complexity index is 309.